The Balaban J connectivity index is 2.12. The Kier molecular flexibility index (Phi) is 5.25. The second-order valence-corrected chi connectivity index (χ2v) is 6.32. The predicted molar refractivity (Wildman–Crippen MR) is 83.4 cm³/mol. The van der Waals surface area contributed by atoms with Crippen molar-refractivity contribution in [1.82, 2.24) is 0 Å². The first-order valence-electron chi connectivity index (χ1n) is 7.02. The van der Waals surface area contributed by atoms with Crippen molar-refractivity contribution in [3.63, 3.8) is 0 Å². The van der Waals surface area contributed by atoms with E-state index in [9.17, 15) is 0 Å². The molecule has 2 unspecified atom stereocenters. The fraction of sp³-hybridized carbons (Fsp3) is 0.600. The maximum absolute atomic E-state index is 9.09. The maximum atomic E-state index is 9.09. The third-order valence-corrected chi connectivity index (χ3v) is 4.53. The lowest BCUT2D eigenvalue weighted by atomic mass is 9.94. The van der Waals surface area contributed by atoms with Crippen molar-refractivity contribution in [2.24, 2.45) is 11.7 Å². The van der Waals surface area contributed by atoms with Crippen molar-refractivity contribution >= 4 is 21.6 Å². The van der Waals surface area contributed by atoms with Crippen LogP contribution < -0.4 is 10.6 Å². The monoisotopic (exact) mass is 326 g/mol. The van der Waals surface area contributed by atoms with Crippen LogP contribution in [0.15, 0.2) is 22.7 Å². The van der Waals surface area contributed by atoms with Gasteiger partial charge in [-0.3, -0.25) is 0 Å². The summed E-state index contributed by atoms with van der Waals surface area (Å²) in [6, 6.07) is 6.45. The van der Waals surface area contributed by atoms with Gasteiger partial charge in [-0.1, -0.05) is 6.07 Å². The first kappa shape index (κ1) is 14.8. The number of anilines is 1. The zero-order valence-corrected chi connectivity index (χ0v) is 13.1. The average Bonchev–Trinajstić information content (AvgIpc) is 2.39. The van der Waals surface area contributed by atoms with E-state index in [1.54, 1.807) is 0 Å². The lowest BCUT2D eigenvalue weighted by Crippen LogP contribution is -2.36. The molecule has 0 aromatic heterocycles. The number of benzene rings is 1. The normalized spacial score (nSPS) is 21.5. The summed E-state index contributed by atoms with van der Waals surface area (Å²) in [5.41, 5.74) is 8.31. The van der Waals surface area contributed by atoms with Crippen LogP contribution in [0, 0.1) is 5.92 Å². The molecule has 0 spiro atoms. The summed E-state index contributed by atoms with van der Waals surface area (Å²) >= 11 is 3.66. The minimum Gasteiger partial charge on any atom is -0.396 e. The number of nitrogens with zero attached hydrogens (tertiary/aromatic N) is 1. The third-order valence-electron chi connectivity index (χ3n) is 3.89. The predicted octanol–water partition coefficient (Wildman–Crippen LogP) is 3.07. The van der Waals surface area contributed by atoms with Gasteiger partial charge in [-0.2, -0.15) is 0 Å². The smallest absolute Gasteiger partial charge is 0.0510 e. The third kappa shape index (κ3) is 3.71. The summed E-state index contributed by atoms with van der Waals surface area (Å²) < 4.78 is 1.12. The highest BCUT2D eigenvalue weighted by molar-refractivity contribution is 9.10. The molecule has 3 N–H and O–H groups in total. The minimum atomic E-state index is 0.0637. The summed E-state index contributed by atoms with van der Waals surface area (Å²) in [5.74, 6) is 0.610. The number of rotatable bonds is 4. The van der Waals surface area contributed by atoms with Gasteiger partial charge < -0.3 is 15.7 Å². The first-order valence-corrected chi connectivity index (χ1v) is 7.82. The van der Waals surface area contributed by atoms with E-state index in [0.29, 0.717) is 12.5 Å². The number of halogens is 1. The molecule has 1 saturated heterocycles. The van der Waals surface area contributed by atoms with E-state index in [1.165, 1.54) is 18.5 Å². The van der Waals surface area contributed by atoms with E-state index < -0.39 is 0 Å². The first-order chi connectivity index (χ1) is 9.11. The van der Waals surface area contributed by atoms with Crippen LogP contribution in [0.4, 0.5) is 5.69 Å². The summed E-state index contributed by atoms with van der Waals surface area (Å²) in [6.45, 7) is 4.43. The number of piperidine rings is 1. The molecule has 2 rings (SSSR count). The number of nitrogens with two attached hydrogens (primary N) is 1. The van der Waals surface area contributed by atoms with Gasteiger partial charge in [-0.15, -0.1) is 0 Å². The van der Waals surface area contributed by atoms with Crippen LogP contribution in [0.25, 0.3) is 0 Å². The molecule has 1 aliphatic rings. The van der Waals surface area contributed by atoms with E-state index in [0.717, 1.165) is 29.5 Å². The minimum absolute atomic E-state index is 0.0637. The van der Waals surface area contributed by atoms with Crippen LogP contribution in [0.3, 0.4) is 0 Å². The molecule has 0 radical (unpaired) electrons. The van der Waals surface area contributed by atoms with Crippen molar-refractivity contribution in [1.29, 1.82) is 0 Å². The Morgan fingerprint density at radius 1 is 1.53 bits per heavy atom. The van der Waals surface area contributed by atoms with E-state index in [-0.39, 0.29) is 6.04 Å². The highest BCUT2D eigenvalue weighted by Gasteiger charge is 2.21. The molecular weight excluding hydrogens is 304 g/mol. The molecule has 4 heteroatoms. The van der Waals surface area contributed by atoms with Gasteiger partial charge in [0.05, 0.1) is 5.69 Å². The Hall–Kier alpha value is -0.580. The molecule has 2 atom stereocenters. The van der Waals surface area contributed by atoms with Crippen molar-refractivity contribution < 1.29 is 5.11 Å². The lowest BCUT2D eigenvalue weighted by molar-refractivity contribution is 0.244. The largest absolute Gasteiger partial charge is 0.396 e. The molecule has 1 heterocycles. The Morgan fingerprint density at radius 2 is 2.32 bits per heavy atom. The number of hydrogen-bond donors (Lipinski definition) is 2. The molecule has 106 valence electrons. The molecule has 0 saturated carbocycles. The molecule has 0 bridgehead atoms. The second-order valence-electron chi connectivity index (χ2n) is 5.47. The van der Waals surface area contributed by atoms with Gasteiger partial charge in [-0.25, -0.2) is 0 Å². The number of aliphatic hydroxyl groups excluding tert-OH is 1. The van der Waals surface area contributed by atoms with Crippen LogP contribution in [0.2, 0.25) is 0 Å². The molecule has 3 nitrogen and oxygen atoms in total. The number of aliphatic hydroxyl groups is 1. The van der Waals surface area contributed by atoms with Crippen LogP contribution in [-0.2, 0) is 0 Å². The molecule has 1 aliphatic heterocycles. The van der Waals surface area contributed by atoms with Gasteiger partial charge in [0, 0.05) is 30.2 Å². The SMILES string of the molecule is CC(N)c1ccc(N2CCCC(CCO)C2)c(Br)c1. The highest BCUT2D eigenvalue weighted by Crippen LogP contribution is 2.32. The fourth-order valence-corrected chi connectivity index (χ4v) is 3.41. The summed E-state index contributed by atoms with van der Waals surface area (Å²) in [6.07, 6.45) is 3.34. The van der Waals surface area contributed by atoms with Crippen molar-refractivity contribution in [3.8, 4) is 0 Å². The maximum Gasteiger partial charge on any atom is 0.0510 e. The molecule has 0 amide bonds. The summed E-state index contributed by atoms with van der Waals surface area (Å²) in [4.78, 5) is 2.42. The standard InChI is InChI=1S/C15H23BrN2O/c1-11(17)13-4-5-15(14(16)9-13)18-7-2-3-12(10-18)6-8-19/h4-5,9,11-12,19H,2-3,6-8,10,17H2,1H3. The Bertz CT molecular complexity index is 421. The zero-order chi connectivity index (χ0) is 13.8. The van der Waals surface area contributed by atoms with E-state index in [1.807, 2.05) is 6.92 Å². The van der Waals surface area contributed by atoms with Crippen molar-refractivity contribution in [3.05, 3.63) is 28.2 Å². The van der Waals surface area contributed by atoms with E-state index in [2.05, 4.69) is 39.0 Å². The molecular formula is C15H23BrN2O. The molecule has 19 heavy (non-hydrogen) atoms. The van der Waals surface area contributed by atoms with Crippen LogP contribution in [0.5, 0.6) is 0 Å². The van der Waals surface area contributed by atoms with E-state index >= 15 is 0 Å². The van der Waals surface area contributed by atoms with E-state index in [4.69, 9.17) is 10.8 Å². The molecule has 1 fully saturated rings. The van der Waals surface area contributed by atoms with Gasteiger partial charge in [0.2, 0.25) is 0 Å². The van der Waals surface area contributed by atoms with Gasteiger partial charge in [0.25, 0.3) is 0 Å². The van der Waals surface area contributed by atoms with Crippen molar-refractivity contribution in [2.45, 2.75) is 32.2 Å². The van der Waals surface area contributed by atoms with Gasteiger partial charge in [0.15, 0.2) is 0 Å². The quantitative estimate of drug-likeness (QED) is 0.894. The zero-order valence-electron chi connectivity index (χ0n) is 11.5. The van der Waals surface area contributed by atoms with Gasteiger partial charge >= 0.3 is 0 Å². The Morgan fingerprint density at radius 3 is 2.95 bits per heavy atom. The summed E-state index contributed by atoms with van der Waals surface area (Å²) in [7, 11) is 0. The second kappa shape index (κ2) is 6.73. The lowest BCUT2D eigenvalue weighted by Gasteiger charge is -2.35. The van der Waals surface area contributed by atoms with Gasteiger partial charge in [0.1, 0.15) is 0 Å². The highest BCUT2D eigenvalue weighted by atomic mass is 79.9. The van der Waals surface area contributed by atoms with Crippen molar-refractivity contribution in [2.75, 3.05) is 24.6 Å². The molecule has 0 aliphatic carbocycles. The van der Waals surface area contributed by atoms with Crippen LogP contribution >= 0.6 is 15.9 Å². The topological polar surface area (TPSA) is 49.5 Å². The molecule has 1 aromatic rings. The fourth-order valence-electron chi connectivity index (χ4n) is 2.76. The number of hydrogen-bond acceptors (Lipinski definition) is 3. The molecule has 1 aromatic carbocycles. The Labute approximate surface area is 123 Å². The average molecular weight is 327 g/mol. The van der Waals surface area contributed by atoms with Crippen LogP contribution in [-0.4, -0.2) is 24.8 Å². The van der Waals surface area contributed by atoms with Crippen LogP contribution in [0.1, 0.15) is 37.8 Å². The summed E-state index contributed by atoms with van der Waals surface area (Å²) in [5, 5.41) is 9.09. The van der Waals surface area contributed by atoms with Gasteiger partial charge in [-0.05, 0) is 65.7 Å².